The Morgan fingerprint density at radius 2 is 2.10 bits per heavy atom. The number of benzene rings is 1. The van der Waals surface area contributed by atoms with Gasteiger partial charge < -0.3 is 20.7 Å². The molecule has 0 bridgehead atoms. The topological polar surface area (TPSA) is 110 Å². The second kappa shape index (κ2) is 8.73. The van der Waals surface area contributed by atoms with E-state index in [9.17, 15) is 9.59 Å². The molecule has 2 amide bonds. The number of aryl methyl sites for hydroxylation is 1. The number of fused-ring (bicyclic) bond motifs is 1. The Hall–Kier alpha value is -3.46. The van der Waals surface area contributed by atoms with Gasteiger partial charge in [-0.05, 0) is 30.7 Å². The van der Waals surface area contributed by atoms with Crippen molar-refractivity contribution in [1.29, 1.82) is 0 Å². The van der Waals surface area contributed by atoms with Crippen LogP contribution < -0.4 is 15.8 Å². The summed E-state index contributed by atoms with van der Waals surface area (Å²) in [6.45, 7) is 2.87. The number of nitrogens with one attached hydrogen (secondary N) is 1. The van der Waals surface area contributed by atoms with Gasteiger partial charge in [0.25, 0.3) is 5.91 Å². The zero-order valence-corrected chi connectivity index (χ0v) is 18.2. The normalized spacial score (nSPS) is 12.9. The number of thiazole rings is 1. The predicted octanol–water partition coefficient (Wildman–Crippen LogP) is 2.82. The van der Waals surface area contributed by atoms with Crippen molar-refractivity contribution in [2.24, 2.45) is 0 Å². The number of amides is 2. The summed E-state index contributed by atoms with van der Waals surface area (Å²) in [5.41, 5.74) is 9.32. The molecule has 0 aliphatic carbocycles. The van der Waals surface area contributed by atoms with Crippen LogP contribution in [-0.2, 0) is 24.2 Å². The van der Waals surface area contributed by atoms with Gasteiger partial charge in [0.05, 0.1) is 35.5 Å². The maximum absolute atomic E-state index is 12.9. The van der Waals surface area contributed by atoms with Crippen LogP contribution in [0.1, 0.15) is 32.3 Å². The molecular weight excluding hydrogens is 414 g/mol. The van der Waals surface area contributed by atoms with Crippen LogP contribution in [0.5, 0.6) is 5.75 Å². The quantitative estimate of drug-likeness (QED) is 0.635. The molecule has 31 heavy (non-hydrogen) atoms. The van der Waals surface area contributed by atoms with E-state index in [2.05, 4.69) is 15.3 Å². The standard InChI is InChI=1S/C22H23N5O3S/c1-13-24-15(12-31-13)10-20(28)27-8-7-17-14(11-27)9-16(21(23)25-17)22(29)26-18-5-3-4-6-19(18)30-2/h3-6,9,12H,7-8,10-11H2,1-2H3,(H2,23,25)(H,26,29). The fourth-order valence-corrected chi connectivity index (χ4v) is 4.19. The highest BCUT2D eigenvalue weighted by Crippen LogP contribution is 2.26. The molecule has 4 rings (SSSR count). The van der Waals surface area contributed by atoms with Crippen molar-refractivity contribution in [2.75, 3.05) is 24.7 Å². The number of nitrogens with zero attached hydrogens (tertiary/aromatic N) is 3. The lowest BCUT2D eigenvalue weighted by Gasteiger charge is -2.28. The molecule has 0 radical (unpaired) electrons. The predicted molar refractivity (Wildman–Crippen MR) is 119 cm³/mol. The van der Waals surface area contributed by atoms with Crippen molar-refractivity contribution in [3.05, 3.63) is 63.2 Å². The molecule has 1 aliphatic heterocycles. The summed E-state index contributed by atoms with van der Waals surface area (Å²) in [5.74, 6) is 0.352. The Labute approximate surface area is 184 Å². The third-order valence-electron chi connectivity index (χ3n) is 5.15. The summed E-state index contributed by atoms with van der Waals surface area (Å²) in [6.07, 6.45) is 0.860. The van der Waals surface area contributed by atoms with Gasteiger partial charge >= 0.3 is 0 Å². The van der Waals surface area contributed by atoms with Gasteiger partial charge in [0.2, 0.25) is 5.91 Å². The van der Waals surface area contributed by atoms with Gasteiger partial charge in [0, 0.05) is 30.6 Å². The summed E-state index contributed by atoms with van der Waals surface area (Å²) >= 11 is 1.53. The molecule has 160 valence electrons. The van der Waals surface area contributed by atoms with Crippen molar-refractivity contribution in [1.82, 2.24) is 14.9 Å². The van der Waals surface area contributed by atoms with E-state index >= 15 is 0 Å². The molecule has 3 aromatic rings. The van der Waals surface area contributed by atoms with E-state index in [1.54, 1.807) is 36.3 Å². The highest BCUT2D eigenvalue weighted by atomic mass is 32.1. The van der Waals surface area contributed by atoms with Crippen LogP contribution in [0.3, 0.4) is 0 Å². The molecule has 1 aliphatic rings. The van der Waals surface area contributed by atoms with Gasteiger partial charge in [-0.2, -0.15) is 0 Å². The number of methoxy groups -OCH3 is 1. The molecule has 3 N–H and O–H groups in total. The Balaban J connectivity index is 1.52. The van der Waals surface area contributed by atoms with E-state index in [0.29, 0.717) is 30.9 Å². The minimum absolute atomic E-state index is 0.00722. The number of carbonyl (C=O) groups is 2. The van der Waals surface area contributed by atoms with E-state index in [4.69, 9.17) is 10.5 Å². The average Bonchev–Trinajstić information content (AvgIpc) is 3.17. The highest BCUT2D eigenvalue weighted by Gasteiger charge is 2.25. The van der Waals surface area contributed by atoms with E-state index in [1.165, 1.54) is 11.3 Å². The number of hydrogen-bond donors (Lipinski definition) is 2. The molecule has 1 aromatic carbocycles. The number of para-hydroxylation sites is 2. The molecule has 8 nitrogen and oxygen atoms in total. The number of carbonyl (C=O) groups excluding carboxylic acids is 2. The van der Waals surface area contributed by atoms with Crippen molar-refractivity contribution in [3.63, 3.8) is 0 Å². The molecule has 0 saturated carbocycles. The van der Waals surface area contributed by atoms with Gasteiger partial charge in [0.15, 0.2) is 0 Å². The number of rotatable bonds is 5. The van der Waals surface area contributed by atoms with E-state index in [0.717, 1.165) is 22.0 Å². The lowest BCUT2D eigenvalue weighted by molar-refractivity contribution is -0.131. The Morgan fingerprint density at radius 1 is 1.29 bits per heavy atom. The number of hydrogen-bond acceptors (Lipinski definition) is 7. The molecular formula is C22H23N5O3S. The molecule has 0 saturated heterocycles. The number of nitrogens with two attached hydrogens (primary N) is 1. The molecule has 0 fully saturated rings. The summed E-state index contributed by atoms with van der Waals surface area (Å²) in [4.78, 5) is 36.2. The summed E-state index contributed by atoms with van der Waals surface area (Å²) in [6, 6.07) is 8.87. The second-order valence-corrected chi connectivity index (χ2v) is 8.34. The third-order valence-corrected chi connectivity index (χ3v) is 5.97. The first-order chi connectivity index (χ1) is 14.9. The zero-order valence-electron chi connectivity index (χ0n) is 17.3. The van der Waals surface area contributed by atoms with Gasteiger partial charge in [-0.3, -0.25) is 9.59 Å². The minimum Gasteiger partial charge on any atom is -0.495 e. The van der Waals surface area contributed by atoms with Crippen LogP contribution in [0.2, 0.25) is 0 Å². The first-order valence-electron chi connectivity index (χ1n) is 9.86. The fraction of sp³-hybridized carbons (Fsp3) is 0.273. The van der Waals surface area contributed by atoms with Crippen molar-refractivity contribution in [2.45, 2.75) is 26.3 Å². The Bertz CT molecular complexity index is 1140. The van der Waals surface area contributed by atoms with Crippen molar-refractivity contribution in [3.8, 4) is 5.75 Å². The molecule has 0 spiro atoms. The largest absolute Gasteiger partial charge is 0.495 e. The zero-order chi connectivity index (χ0) is 22.0. The van der Waals surface area contributed by atoms with Gasteiger partial charge in [-0.25, -0.2) is 9.97 Å². The lowest BCUT2D eigenvalue weighted by atomic mass is 10.0. The maximum Gasteiger partial charge on any atom is 0.259 e. The van der Waals surface area contributed by atoms with Gasteiger partial charge in [-0.1, -0.05) is 12.1 Å². The number of nitrogen functional groups attached to an aromatic ring is 1. The van der Waals surface area contributed by atoms with Crippen LogP contribution in [0.15, 0.2) is 35.7 Å². The molecule has 0 unspecified atom stereocenters. The first kappa shape index (κ1) is 20.8. The summed E-state index contributed by atoms with van der Waals surface area (Å²) in [5, 5.41) is 5.67. The molecule has 9 heteroatoms. The first-order valence-corrected chi connectivity index (χ1v) is 10.7. The Kier molecular flexibility index (Phi) is 5.85. The number of aromatic nitrogens is 2. The molecule has 3 heterocycles. The van der Waals surface area contributed by atoms with Crippen LogP contribution >= 0.6 is 11.3 Å². The fourth-order valence-electron chi connectivity index (χ4n) is 3.58. The lowest BCUT2D eigenvalue weighted by Crippen LogP contribution is -2.37. The molecule has 0 atom stereocenters. The summed E-state index contributed by atoms with van der Waals surface area (Å²) < 4.78 is 5.28. The number of pyridine rings is 1. The van der Waals surface area contributed by atoms with Crippen LogP contribution in [-0.4, -0.2) is 40.3 Å². The third kappa shape index (κ3) is 4.51. The van der Waals surface area contributed by atoms with E-state index in [1.807, 2.05) is 18.4 Å². The van der Waals surface area contributed by atoms with Gasteiger partial charge in [0.1, 0.15) is 11.6 Å². The van der Waals surface area contributed by atoms with E-state index < -0.39 is 0 Å². The average molecular weight is 438 g/mol. The monoisotopic (exact) mass is 437 g/mol. The second-order valence-electron chi connectivity index (χ2n) is 7.28. The number of anilines is 2. The van der Waals surface area contributed by atoms with Crippen molar-refractivity contribution >= 4 is 34.7 Å². The summed E-state index contributed by atoms with van der Waals surface area (Å²) in [7, 11) is 1.54. The van der Waals surface area contributed by atoms with Crippen LogP contribution in [0.25, 0.3) is 0 Å². The van der Waals surface area contributed by atoms with Crippen molar-refractivity contribution < 1.29 is 14.3 Å². The SMILES string of the molecule is COc1ccccc1NC(=O)c1cc2c(nc1N)CCN(C(=O)Cc1csc(C)n1)C2. The minimum atomic E-state index is -0.376. The van der Waals surface area contributed by atoms with E-state index in [-0.39, 0.29) is 29.6 Å². The number of ether oxygens (including phenoxy) is 1. The molecule has 2 aromatic heterocycles. The van der Waals surface area contributed by atoms with Gasteiger partial charge in [-0.15, -0.1) is 11.3 Å². The van der Waals surface area contributed by atoms with Crippen LogP contribution in [0, 0.1) is 6.92 Å². The highest BCUT2D eigenvalue weighted by molar-refractivity contribution is 7.09. The smallest absolute Gasteiger partial charge is 0.259 e. The Morgan fingerprint density at radius 3 is 2.84 bits per heavy atom. The maximum atomic E-state index is 12.9. The van der Waals surface area contributed by atoms with Crippen LogP contribution in [0.4, 0.5) is 11.5 Å².